The molecule has 7 saturated heterocycles. The zero-order valence-corrected chi connectivity index (χ0v) is 70.0. The highest BCUT2D eigenvalue weighted by atomic mass is 16.8. The van der Waals surface area contributed by atoms with Crippen molar-refractivity contribution in [3.05, 3.63) is 47.6 Å². The summed E-state index contributed by atoms with van der Waals surface area (Å²) in [5, 5.41) is 240. The number of ether oxygens (including phenoxy) is 17. The van der Waals surface area contributed by atoms with Gasteiger partial charge in [-0.3, -0.25) is 14.4 Å². The van der Waals surface area contributed by atoms with Crippen LogP contribution in [0.15, 0.2) is 42.0 Å². The molecule has 0 bridgehead atoms. The fraction of sp³-hybridized carbons (Fsp3) is 0.829. The lowest BCUT2D eigenvalue weighted by atomic mass is 9.33. The summed E-state index contributed by atoms with van der Waals surface area (Å²) in [6, 6.07) is 6.37. The minimum Gasteiger partial charge on any atom is -0.497 e. The Morgan fingerprint density at radius 2 is 1.10 bits per heavy atom. The fourth-order valence-corrected chi connectivity index (χ4v) is 22.1. The van der Waals surface area contributed by atoms with Crippen LogP contribution in [0, 0.1) is 50.2 Å². The van der Waals surface area contributed by atoms with Crippen molar-refractivity contribution >= 4 is 30.0 Å². The Balaban J connectivity index is 0.901. The predicted octanol–water partition coefficient (Wildman–Crippen LogP) is -6.41. The van der Waals surface area contributed by atoms with Gasteiger partial charge in [0.25, 0.3) is 0 Å². The third-order valence-corrected chi connectivity index (χ3v) is 29.1. The topological polar surface area (TPSA) is 650 Å². The number of allylic oxidation sites excluding steroid dienone is 1. The Kier molecular flexibility index (Phi) is 29.1. The maximum atomic E-state index is 16.9. The minimum atomic E-state index is -2.41. The van der Waals surface area contributed by atoms with E-state index in [4.69, 9.17) is 80.5 Å². The van der Waals surface area contributed by atoms with Gasteiger partial charge in [-0.25, -0.2) is 4.79 Å². The van der Waals surface area contributed by atoms with E-state index < -0.39 is 335 Å². The number of methoxy groups -OCH3 is 1. The van der Waals surface area contributed by atoms with E-state index >= 15 is 4.79 Å². The van der Waals surface area contributed by atoms with E-state index in [1.54, 1.807) is 24.3 Å². The quantitative estimate of drug-likeness (QED) is 0.0142. The summed E-state index contributed by atoms with van der Waals surface area (Å²) in [6.45, 7) is 6.92. The van der Waals surface area contributed by atoms with E-state index in [9.17, 15) is 122 Å². The molecule has 13 rings (SSSR count). The summed E-state index contributed by atoms with van der Waals surface area (Å²) in [6.07, 6.45) is -62.3. The lowest BCUT2D eigenvalue weighted by molar-refractivity contribution is -0.402. The summed E-state index contributed by atoms with van der Waals surface area (Å²) in [7, 11) is 1.44. The van der Waals surface area contributed by atoms with Crippen LogP contribution in [0.25, 0.3) is 6.08 Å². The molecule has 0 spiro atoms. The molecule has 4 saturated carbocycles. The van der Waals surface area contributed by atoms with Crippen LogP contribution in [0.1, 0.15) is 112 Å². The molecule has 12 aliphatic rings. The predicted molar refractivity (Wildman–Crippen MR) is 407 cm³/mol. The lowest BCUT2D eigenvalue weighted by Gasteiger charge is -2.71. The fourth-order valence-electron chi connectivity index (χ4n) is 22.1. The van der Waals surface area contributed by atoms with Gasteiger partial charge in [-0.15, -0.1) is 0 Å². The molecule has 1 aromatic rings. The maximum absolute atomic E-state index is 16.9. The van der Waals surface area contributed by atoms with Gasteiger partial charge in [0, 0.05) is 18.4 Å². The van der Waals surface area contributed by atoms with Crippen LogP contribution in [-0.2, 0) is 95.0 Å². The Labute approximate surface area is 712 Å². The van der Waals surface area contributed by atoms with Gasteiger partial charge in [0.1, 0.15) is 152 Å². The Morgan fingerprint density at radius 1 is 0.532 bits per heavy atom. The molecular weight excluding hydrogens is 1660 g/mol. The molecule has 5 aliphatic carbocycles. The smallest absolute Gasteiger partial charge is 0.331 e. The van der Waals surface area contributed by atoms with Crippen LogP contribution in [0.2, 0.25) is 0 Å². The second kappa shape index (κ2) is 37.4. The van der Waals surface area contributed by atoms with Gasteiger partial charge in [-0.05, 0) is 130 Å². The Hall–Kier alpha value is -4.94. The van der Waals surface area contributed by atoms with E-state index in [2.05, 4.69) is 0 Å². The molecule has 43 atom stereocenters. The molecule has 1 unspecified atom stereocenters. The largest absolute Gasteiger partial charge is 0.497 e. The van der Waals surface area contributed by atoms with Crippen molar-refractivity contribution in [2.45, 2.75) is 321 Å². The Bertz CT molecular complexity index is 3910. The number of aliphatic hydroxyl groups excluding tert-OH is 19. The number of benzene rings is 1. The summed E-state index contributed by atoms with van der Waals surface area (Å²) in [4.78, 5) is 57.6. The zero-order valence-electron chi connectivity index (χ0n) is 70.0. The maximum Gasteiger partial charge on any atom is 0.331 e. The highest BCUT2D eigenvalue weighted by molar-refractivity contribution is 5.87. The summed E-state index contributed by atoms with van der Waals surface area (Å²) < 4.78 is 104. The molecular formula is C82H122O42. The number of fused-ring (bicyclic) bond motifs is 7. The van der Waals surface area contributed by atoms with Crippen LogP contribution < -0.4 is 4.74 Å². The van der Waals surface area contributed by atoms with E-state index in [1.807, 2.05) is 33.8 Å². The first kappa shape index (κ1) is 96.6. The lowest BCUT2D eigenvalue weighted by Crippen LogP contribution is -2.71. The number of hydrogen-bond acceptors (Lipinski definition) is 41. The van der Waals surface area contributed by atoms with Crippen molar-refractivity contribution in [2.24, 2.45) is 50.2 Å². The minimum absolute atomic E-state index is 0.0686. The number of esters is 3. The number of aliphatic hydroxyl groups is 20. The van der Waals surface area contributed by atoms with Crippen LogP contribution in [0.3, 0.4) is 0 Å². The molecule has 42 heteroatoms. The molecule has 702 valence electrons. The summed E-state index contributed by atoms with van der Waals surface area (Å²) >= 11 is 0. The molecule has 0 radical (unpaired) electrons. The number of rotatable bonds is 25. The highest BCUT2D eigenvalue weighted by Crippen LogP contribution is 2.76. The molecule has 42 nitrogen and oxygen atoms in total. The summed E-state index contributed by atoms with van der Waals surface area (Å²) in [5.41, 5.74) is -9.75. The van der Waals surface area contributed by atoms with E-state index in [0.717, 1.165) is 13.0 Å². The first-order chi connectivity index (χ1) is 58.4. The molecule has 7 aliphatic heterocycles. The van der Waals surface area contributed by atoms with Crippen molar-refractivity contribution in [2.75, 3.05) is 53.4 Å². The standard InChI is InChI=1S/C82H122O42/c1-32-59(118-67-54(98)48(92)40(89)27-110-67)62(120-73-65(103)81(107,30-86)31-111-73)58(102)70(112-32)122-64-63(121-71-57(101)61(51(95)42(26-84)115-71)119-68-55(99)53(97)50(94)43(116-68)28-109-34(3)87)60(117-47(91)17-12-35-10-13-36(108-9)14-11-35)33(2)113-72(64)124-75(106)82-21-20-80(29-85)37(38(82)22-76(4,5)24-46(82)90)15-16-44-77(6)23-39(88)66(79(8,74(104)105)45(77)18-19-78(44,80)7)123-69-56(100)52(96)49(93)41(25-83)114-69/h10-15,17,32-33,38-46,48-73,83-86,88-90,92-103,107H,16,18-31H2,1-9H3,(H,104,105)/t32-,33+,38?,39-,40+,41+,42+,43+,44+,45+,46+,48-,49+,50+,51+,52-,53-,54+,55+,56+,57+,58+,59-,60-,61-,62-,63-,64+,65-,66-,67-,68-,69-,70-,71-,72-,73-,77+,78+,79-,80-,81+,82-/m0/s1. The third kappa shape index (κ3) is 17.3. The first-order valence-corrected chi connectivity index (χ1v) is 42.0. The average Bonchev–Trinajstić information content (AvgIpc) is 0.666. The third-order valence-electron chi connectivity index (χ3n) is 29.1. The number of aliphatic carboxylic acids is 1. The van der Waals surface area contributed by atoms with Crippen molar-refractivity contribution < 1.29 is 207 Å². The van der Waals surface area contributed by atoms with Crippen LogP contribution >= 0.6 is 0 Å². The SMILES string of the molecule is COc1ccc(C=CC(=O)O[C@@H]2[C@H](O[C@@H]3O[C@H](CO)[C@@H](O)[C@H](O[C@@H]4O[C@H](COC(C)=O)[C@@H](O)[C@H](O)[C@H]4O)[C@H]3O)[C@@H](O[C@@H]3O[C@@H](C)[C@H](O[C@@H]4OC[C@@H](O)[C@H](O)[C@H]4O)[C@@H](O[C@@H]4OC[C@](O)(CO)[C@H]4O)[C@H]3O)[C@H](OC(=O)[C@@]34CC[C@]5(CO)C(=CC[C@@H]6[C@@]7(C)C[C@H](O)[C@H](O[C@@H]8O[C@H](CO)[C@@H](O)[C@H](O)[C@H]8O)[C@@](C)(C(=O)O)[C@@H]7CC[C@]65C)C3CC(C)(C)C[C@H]4O)O[C@@H]2C)cc1. The number of hydrogen-bond donors (Lipinski definition) is 21. The van der Waals surface area contributed by atoms with E-state index in [0.29, 0.717) is 16.9 Å². The number of carbonyl (C=O) groups is 4. The first-order valence-electron chi connectivity index (χ1n) is 42.0. The van der Waals surface area contributed by atoms with Gasteiger partial charge in [-0.1, -0.05) is 51.5 Å². The number of carboxylic acid groups (broad SMARTS) is 1. The van der Waals surface area contributed by atoms with Crippen molar-refractivity contribution in [1.82, 2.24) is 0 Å². The van der Waals surface area contributed by atoms with Gasteiger partial charge in [0.2, 0.25) is 6.29 Å². The summed E-state index contributed by atoms with van der Waals surface area (Å²) in [5.74, 6) is -6.62. The van der Waals surface area contributed by atoms with Crippen molar-refractivity contribution in [1.29, 1.82) is 0 Å². The normalized spacial score (nSPS) is 49.5. The van der Waals surface area contributed by atoms with Gasteiger partial charge in [-0.2, -0.15) is 0 Å². The monoisotopic (exact) mass is 1780 g/mol. The molecule has 124 heavy (non-hydrogen) atoms. The molecule has 21 N–H and O–H groups in total. The molecule has 0 amide bonds. The van der Waals surface area contributed by atoms with Crippen molar-refractivity contribution in [3.63, 3.8) is 0 Å². The van der Waals surface area contributed by atoms with Crippen LogP contribution in [-0.4, -0.2) is 399 Å². The molecule has 7 heterocycles. The van der Waals surface area contributed by atoms with E-state index in [-0.39, 0.29) is 51.4 Å². The zero-order chi connectivity index (χ0) is 90.5. The van der Waals surface area contributed by atoms with Gasteiger partial charge in [0.15, 0.2) is 49.9 Å². The molecule has 1 aromatic carbocycles. The molecule has 11 fully saturated rings. The average molecular weight is 1780 g/mol. The molecule has 0 aromatic heterocycles. The van der Waals surface area contributed by atoms with E-state index in [1.165, 1.54) is 34.0 Å². The van der Waals surface area contributed by atoms with Crippen molar-refractivity contribution in [3.8, 4) is 5.75 Å². The second-order valence-corrected chi connectivity index (χ2v) is 37.0. The van der Waals surface area contributed by atoms with Gasteiger partial charge < -0.3 is 188 Å². The highest BCUT2D eigenvalue weighted by Gasteiger charge is 2.75. The number of carboxylic acids is 1. The van der Waals surface area contributed by atoms with Gasteiger partial charge in [0.05, 0.1) is 76.6 Å². The second-order valence-electron chi connectivity index (χ2n) is 37.0. The Morgan fingerprint density at radius 3 is 1.72 bits per heavy atom. The number of carbonyl (C=O) groups excluding carboxylic acids is 3. The van der Waals surface area contributed by atoms with Gasteiger partial charge >= 0.3 is 23.9 Å². The van der Waals surface area contributed by atoms with Crippen LogP contribution in [0.5, 0.6) is 5.75 Å². The van der Waals surface area contributed by atoms with Crippen LogP contribution in [0.4, 0.5) is 0 Å².